The molecule has 0 aromatic carbocycles. The lowest BCUT2D eigenvalue weighted by molar-refractivity contribution is -0.143. The van der Waals surface area contributed by atoms with Crippen LogP contribution in [0.4, 0.5) is 0 Å². The molecule has 2 atom stereocenters. The Balaban J connectivity index is 2.29. The zero-order valence-electron chi connectivity index (χ0n) is 36.5. The Morgan fingerprint density at radius 1 is 0.541 bits per heavy atom. The number of rotatable bonds is 26. The molecule has 61 heavy (non-hydrogen) atoms. The minimum absolute atomic E-state index is 0.0257. The van der Waals surface area contributed by atoms with Crippen molar-refractivity contribution >= 4 is 41.7 Å². The highest BCUT2D eigenvalue weighted by atomic mass is 16.5. The molecule has 1 unspecified atom stereocenters. The van der Waals surface area contributed by atoms with Crippen LogP contribution < -0.4 is 21.3 Å². The summed E-state index contributed by atoms with van der Waals surface area (Å²) in [5.74, 6) is -4.49. The van der Waals surface area contributed by atoms with E-state index in [0.717, 1.165) is 38.5 Å². The van der Waals surface area contributed by atoms with Gasteiger partial charge >= 0.3 is 5.97 Å². The Labute approximate surface area is 362 Å². The molecular formula is C43H76N4O14. The monoisotopic (exact) mass is 873 g/mol. The van der Waals surface area contributed by atoms with Crippen LogP contribution in [0.3, 0.4) is 0 Å². The number of amides is 4. The largest absolute Gasteiger partial charge is 0.480 e. The Morgan fingerprint density at radius 2 is 0.934 bits per heavy atom. The molecule has 18 nitrogen and oxygen atoms in total. The minimum Gasteiger partial charge on any atom is -0.480 e. The summed E-state index contributed by atoms with van der Waals surface area (Å²) in [5, 5.41) is 20.4. The van der Waals surface area contributed by atoms with Gasteiger partial charge in [0, 0.05) is 32.5 Å². The van der Waals surface area contributed by atoms with Crippen molar-refractivity contribution in [1.29, 1.82) is 0 Å². The number of carboxylic acid groups (broad SMARTS) is 1. The van der Waals surface area contributed by atoms with Gasteiger partial charge in [-0.3, -0.25) is 24.0 Å². The summed E-state index contributed by atoms with van der Waals surface area (Å²) in [6, 6.07) is -1.37. The fraction of sp³-hybridized carbons (Fsp3) is 0.837. The molecule has 1 fully saturated rings. The van der Waals surface area contributed by atoms with Gasteiger partial charge in [-0.2, -0.15) is 0 Å². The molecule has 1 aliphatic heterocycles. The molecule has 4 amide bonds. The van der Waals surface area contributed by atoms with Crippen molar-refractivity contribution in [3.63, 3.8) is 0 Å². The summed E-state index contributed by atoms with van der Waals surface area (Å²) < 4.78 is 31.6. The normalized spacial score (nSPS) is 18.6. The number of carbonyl (C=O) groups is 7. The number of ketones is 1. The van der Waals surface area contributed by atoms with Crippen LogP contribution in [-0.2, 0) is 62.0 Å². The fourth-order valence-corrected chi connectivity index (χ4v) is 6.46. The van der Waals surface area contributed by atoms with E-state index in [-0.39, 0.29) is 109 Å². The van der Waals surface area contributed by atoms with Gasteiger partial charge in [-0.05, 0) is 19.3 Å². The van der Waals surface area contributed by atoms with Crippen molar-refractivity contribution in [2.75, 3.05) is 98.9 Å². The van der Waals surface area contributed by atoms with E-state index in [2.05, 4.69) is 21.3 Å². The van der Waals surface area contributed by atoms with Gasteiger partial charge in [-0.25, -0.2) is 4.79 Å². The van der Waals surface area contributed by atoms with Gasteiger partial charge < -0.3 is 59.6 Å². The second-order valence-corrected chi connectivity index (χ2v) is 15.0. The molecule has 0 saturated carbocycles. The minimum atomic E-state index is -1.37. The first-order valence-electron chi connectivity index (χ1n) is 22.5. The lowest BCUT2D eigenvalue weighted by Gasteiger charge is -2.21. The first kappa shape index (κ1) is 55.5. The molecule has 0 spiro atoms. The molecule has 0 radical (unpaired) electrons. The fourth-order valence-electron chi connectivity index (χ4n) is 6.46. The topological polar surface area (TPSA) is 243 Å². The molecule has 1 aliphatic rings. The van der Waals surface area contributed by atoms with E-state index in [9.17, 15) is 38.7 Å². The smallest absolute Gasteiger partial charge is 0.326 e. The molecule has 0 aromatic heterocycles. The van der Waals surface area contributed by atoms with Crippen molar-refractivity contribution in [2.24, 2.45) is 5.92 Å². The molecule has 0 aromatic rings. The Morgan fingerprint density at radius 3 is 1.38 bits per heavy atom. The van der Waals surface area contributed by atoms with Crippen molar-refractivity contribution < 1.29 is 67.1 Å². The zero-order valence-corrected chi connectivity index (χ0v) is 36.5. The van der Waals surface area contributed by atoms with E-state index in [1.54, 1.807) is 0 Å². The number of aldehydes is 1. The number of carbonyl (C=O) groups excluding carboxylic acids is 6. The van der Waals surface area contributed by atoms with Gasteiger partial charge in [-0.1, -0.05) is 89.9 Å². The van der Waals surface area contributed by atoms with Crippen LogP contribution in [-0.4, -0.2) is 152 Å². The van der Waals surface area contributed by atoms with Crippen LogP contribution >= 0.6 is 0 Å². The average Bonchev–Trinajstić information content (AvgIpc) is 3.24. The highest BCUT2D eigenvalue weighted by Gasteiger charge is 2.32. The van der Waals surface area contributed by atoms with Crippen molar-refractivity contribution in [3.8, 4) is 0 Å². The second kappa shape index (κ2) is 40.5. The summed E-state index contributed by atoms with van der Waals surface area (Å²) in [5.41, 5.74) is 0. The summed E-state index contributed by atoms with van der Waals surface area (Å²) in [6.07, 6.45) is 17.9. The molecular weight excluding hydrogens is 796 g/mol. The number of hydrogen-bond donors (Lipinski definition) is 5. The Bertz CT molecular complexity index is 1190. The summed E-state index contributed by atoms with van der Waals surface area (Å²) >= 11 is 0. The molecule has 352 valence electrons. The Hall–Kier alpha value is -3.55. The number of Topliss-reactive ketones (excluding diaryl/α,β-unsaturated/α-hetero) is 1. The predicted octanol–water partition coefficient (Wildman–Crippen LogP) is 2.81. The summed E-state index contributed by atoms with van der Waals surface area (Å²) in [4.78, 5) is 85.3. The summed E-state index contributed by atoms with van der Waals surface area (Å²) in [6.45, 7) is 2.31. The molecule has 1 saturated heterocycles. The zero-order chi connectivity index (χ0) is 44.4. The molecule has 0 aliphatic carbocycles. The third kappa shape index (κ3) is 34.7. The molecule has 1 heterocycles. The number of aliphatic carboxylic acids is 1. The van der Waals surface area contributed by atoms with E-state index >= 15 is 0 Å². The van der Waals surface area contributed by atoms with Crippen LogP contribution in [0.15, 0.2) is 0 Å². The van der Waals surface area contributed by atoms with E-state index < -0.39 is 29.7 Å². The van der Waals surface area contributed by atoms with Gasteiger partial charge in [0.15, 0.2) is 0 Å². The van der Waals surface area contributed by atoms with Gasteiger partial charge in [-0.15, -0.1) is 0 Å². The number of nitrogens with one attached hydrogen (secondary N) is 4. The van der Waals surface area contributed by atoms with Crippen molar-refractivity contribution in [1.82, 2.24) is 21.3 Å². The van der Waals surface area contributed by atoms with Gasteiger partial charge in [0.1, 0.15) is 37.9 Å². The van der Waals surface area contributed by atoms with E-state index in [1.165, 1.54) is 51.4 Å². The molecule has 0 bridgehead atoms. The third-order valence-electron chi connectivity index (χ3n) is 9.84. The maximum Gasteiger partial charge on any atom is 0.326 e. The lowest BCUT2D eigenvalue weighted by atomic mass is 9.91. The molecule has 18 heteroatoms. The quantitative estimate of drug-likeness (QED) is 0.0477. The highest BCUT2D eigenvalue weighted by molar-refractivity contribution is 6.02. The highest BCUT2D eigenvalue weighted by Crippen LogP contribution is 2.18. The van der Waals surface area contributed by atoms with E-state index in [1.807, 2.05) is 0 Å². The Kier molecular flexibility index (Phi) is 36.8. The second-order valence-electron chi connectivity index (χ2n) is 15.0. The van der Waals surface area contributed by atoms with E-state index in [0.29, 0.717) is 45.5 Å². The lowest BCUT2D eigenvalue weighted by Crippen LogP contribution is -2.46. The standard InChI is InChI=1S/C43H76N4O14/c48-22-26-59-28-27-56-23-19-44-40(51)34-60-31-29-57-24-20-45-41(52)35-61-32-30-58-25-21-46-42(53)36-33-37(43(54)55)47-39(50)18-16-14-12-10-8-6-4-2-1-3-5-7-9-11-13-15-17-38(36)49/h22,36-37H,1-21,23-35H2,(H,44,51)(H,45,52)(H,46,53)(H,47,50)(H,54,55)/t36?,37-/m0/s1. The molecule has 1 rings (SSSR count). The average molecular weight is 873 g/mol. The van der Waals surface area contributed by atoms with Crippen molar-refractivity contribution in [3.05, 3.63) is 0 Å². The number of carboxylic acids is 1. The third-order valence-corrected chi connectivity index (χ3v) is 9.84. The van der Waals surface area contributed by atoms with Crippen LogP contribution in [0.1, 0.15) is 122 Å². The first-order valence-corrected chi connectivity index (χ1v) is 22.5. The van der Waals surface area contributed by atoms with Crippen LogP contribution in [0.2, 0.25) is 0 Å². The van der Waals surface area contributed by atoms with Crippen LogP contribution in [0.5, 0.6) is 0 Å². The predicted molar refractivity (Wildman–Crippen MR) is 226 cm³/mol. The van der Waals surface area contributed by atoms with Crippen LogP contribution in [0, 0.1) is 5.92 Å². The summed E-state index contributed by atoms with van der Waals surface area (Å²) in [7, 11) is 0. The van der Waals surface area contributed by atoms with Crippen LogP contribution in [0.25, 0.3) is 0 Å². The van der Waals surface area contributed by atoms with Gasteiger partial charge in [0.2, 0.25) is 23.6 Å². The van der Waals surface area contributed by atoms with E-state index in [4.69, 9.17) is 28.4 Å². The first-order chi connectivity index (χ1) is 29.7. The SMILES string of the molecule is O=CCOCCOCCNC(=O)COCCOCCNC(=O)COCCOCCNC(=O)C1C[C@@H](C(=O)O)NC(=O)CCCCCCCCCCCCCCCCCCC1=O. The van der Waals surface area contributed by atoms with Gasteiger partial charge in [0.25, 0.3) is 0 Å². The van der Waals surface area contributed by atoms with Crippen molar-refractivity contribution in [2.45, 2.75) is 128 Å². The number of hydrogen-bond acceptors (Lipinski definition) is 13. The number of ether oxygens (including phenoxy) is 6. The maximum absolute atomic E-state index is 13.3. The molecule has 5 N–H and O–H groups in total. The van der Waals surface area contributed by atoms with Gasteiger partial charge in [0.05, 0.1) is 65.4 Å². The maximum atomic E-state index is 13.3.